The quantitative estimate of drug-likeness (QED) is 0.399. The summed E-state index contributed by atoms with van der Waals surface area (Å²) in [5, 5.41) is 4.34. The van der Waals surface area contributed by atoms with Crippen molar-refractivity contribution in [1.82, 2.24) is 9.90 Å². The van der Waals surface area contributed by atoms with Gasteiger partial charge in [-0.25, -0.2) is 0 Å². The van der Waals surface area contributed by atoms with Crippen molar-refractivity contribution >= 4 is 11.6 Å². The molecule has 0 unspecified atom stereocenters. The van der Waals surface area contributed by atoms with E-state index in [9.17, 15) is 9.59 Å². The van der Waals surface area contributed by atoms with Crippen LogP contribution in [-0.2, 0) is 7.05 Å². The summed E-state index contributed by atoms with van der Waals surface area (Å²) in [7, 11) is 1.68. The average molecular weight is 326 g/mol. The number of hydrogen-bond donors (Lipinski definition) is 0. The van der Waals surface area contributed by atoms with E-state index in [1.54, 1.807) is 31.3 Å². The second kappa shape index (κ2) is 5.44. The fourth-order valence-corrected chi connectivity index (χ4v) is 2.82. The summed E-state index contributed by atoms with van der Waals surface area (Å²) in [6.07, 6.45) is 0. The Bertz CT molecular complexity index is 932. The molecule has 4 rings (SSSR count). The van der Waals surface area contributed by atoms with Crippen LogP contribution in [0.25, 0.3) is 5.69 Å². The number of benzene rings is 2. The standard InChI is InChI=1S/C17H12N3O2.ClH/c1-19-14-15(20(18-19)11-7-3-2-4-8-11)17(22)13-10-6-5-9-12(13)16(14)21;/h2-10H,1H3;1H/q+1;/p-1. The predicted molar refractivity (Wildman–Crippen MR) is 78.0 cm³/mol. The Morgan fingerprint density at radius 3 is 2.09 bits per heavy atom. The van der Waals surface area contributed by atoms with E-state index >= 15 is 0 Å². The number of halogens is 1. The molecule has 0 aliphatic heterocycles. The van der Waals surface area contributed by atoms with Crippen LogP contribution in [0.1, 0.15) is 32.1 Å². The molecule has 0 radical (unpaired) electrons. The van der Waals surface area contributed by atoms with Gasteiger partial charge < -0.3 is 12.4 Å². The molecule has 6 heteroatoms. The van der Waals surface area contributed by atoms with Gasteiger partial charge in [0.25, 0.3) is 5.69 Å². The third-order valence-corrected chi connectivity index (χ3v) is 3.83. The third-order valence-electron chi connectivity index (χ3n) is 3.83. The van der Waals surface area contributed by atoms with Crippen molar-refractivity contribution in [3.05, 3.63) is 77.1 Å². The van der Waals surface area contributed by atoms with Gasteiger partial charge in [0.1, 0.15) is 7.05 Å². The first-order chi connectivity index (χ1) is 10.7. The lowest BCUT2D eigenvalue weighted by Crippen LogP contribution is -3.00. The maximum atomic E-state index is 12.8. The van der Waals surface area contributed by atoms with E-state index in [2.05, 4.69) is 5.21 Å². The normalized spacial score (nSPS) is 12.4. The highest BCUT2D eigenvalue weighted by Gasteiger charge is 2.42. The minimum Gasteiger partial charge on any atom is -1.00 e. The zero-order valence-corrected chi connectivity index (χ0v) is 13.0. The van der Waals surface area contributed by atoms with E-state index in [4.69, 9.17) is 0 Å². The Hall–Kier alpha value is -2.79. The van der Waals surface area contributed by atoms with E-state index in [1.165, 1.54) is 9.36 Å². The number of hydrogen-bond acceptors (Lipinski definition) is 3. The van der Waals surface area contributed by atoms with Gasteiger partial charge in [0.2, 0.25) is 17.3 Å². The Morgan fingerprint density at radius 2 is 1.43 bits per heavy atom. The van der Waals surface area contributed by atoms with Crippen molar-refractivity contribution in [2.24, 2.45) is 7.05 Å². The van der Waals surface area contributed by atoms with Crippen LogP contribution in [0.5, 0.6) is 0 Å². The van der Waals surface area contributed by atoms with Crippen molar-refractivity contribution in [2.75, 3.05) is 0 Å². The zero-order valence-electron chi connectivity index (χ0n) is 12.2. The number of aromatic nitrogens is 3. The molecule has 3 aromatic rings. The van der Waals surface area contributed by atoms with Crippen LogP contribution < -0.4 is 17.1 Å². The van der Waals surface area contributed by atoms with Gasteiger partial charge in [-0.05, 0) is 12.1 Å². The first-order valence-electron chi connectivity index (χ1n) is 6.91. The molecule has 114 valence electrons. The summed E-state index contributed by atoms with van der Waals surface area (Å²) in [5.74, 6) is -0.350. The smallest absolute Gasteiger partial charge is 0.256 e. The van der Waals surface area contributed by atoms with Crippen molar-refractivity contribution in [2.45, 2.75) is 0 Å². The van der Waals surface area contributed by atoms with Gasteiger partial charge in [-0.15, -0.1) is 4.68 Å². The molecule has 0 spiro atoms. The number of aryl methyl sites for hydroxylation is 1. The second-order valence-electron chi connectivity index (χ2n) is 5.16. The van der Waals surface area contributed by atoms with Gasteiger partial charge in [0.15, 0.2) is 5.69 Å². The molecule has 2 aromatic carbocycles. The highest BCUT2D eigenvalue weighted by Crippen LogP contribution is 2.26. The third kappa shape index (κ3) is 2.09. The second-order valence-corrected chi connectivity index (χ2v) is 5.16. The summed E-state index contributed by atoms with van der Waals surface area (Å²) in [6.45, 7) is 0. The van der Waals surface area contributed by atoms with Crippen LogP contribution in [-0.4, -0.2) is 21.5 Å². The molecule has 0 fully saturated rings. The summed E-state index contributed by atoms with van der Waals surface area (Å²) in [5.41, 5.74) is 2.26. The highest BCUT2D eigenvalue weighted by molar-refractivity contribution is 6.26. The lowest BCUT2D eigenvalue weighted by Gasteiger charge is -2.10. The minimum absolute atomic E-state index is 0. The van der Waals surface area contributed by atoms with Gasteiger partial charge in [0.05, 0.1) is 5.21 Å². The molecular formula is C17H12ClN3O2. The number of carbonyl (C=O) groups excluding carboxylic acids is 2. The largest absolute Gasteiger partial charge is 1.00 e. The summed E-state index contributed by atoms with van der Waals surface area (Å²) in [6, 6.07) is 16.2. The Kier molecular flexibility index (Phi) is 3.58. The zero-order chi connectivity index (χ0) is 15.3. The van der Waals surface area contributed by atoms with E-state index < -0.39 is 0 Å². The molecule has 0 amide bonds. The topological polar surface area (TPSA) is 55.8 Å². The Morgan fingerprint density at radius 1 is 0.870 bits per heavy atom. The number of ketones is 2. The molecule has 1 aliphatic carbocycles. The molecule has 0 N–H and O–H groups in total. The van der Waals surface area contributed by atoms with Crippen LogP contribution in [0, 0.1) is 0 Å². The maximum absolute atomic E-state index is 12.8. The van der Waals surface area contributed by atoms with E-state index in [1.807, 2.05) is 30.3 Å². The molecule has 0 saturated heterocycles. The molecule has 1 aliphatic rings. The number of fused-ring (bicyclic) bond motifs is 2. The molecule has 1 aromatic heterocycles. The fraction of sp³-hybridized carbons (Fsp3) is 0.0588. The lowest BCUT2D eigenvalue weighted by molar-refractivity contribution is -0.733. The number of rotatable bonds is 1. The molecule has 1 heterocycles. The lowest BCUT2D eigenvalue weighted by atomic mass is 9.90. The van der Waals surface area contributed by atoms with Crippen LogP contribution in [0.4, 0.5) is 0 Å². The number of carbonyl (C=O) groups is 2. The Labute approximate surface area is 138 Å². The molecular weight excluding hydrogens is 314 g/mol. The molecule has 0 atom stereocenters. The number of nitrogens with zero attached hydrogens (tertiary/aromatic N) is 3. The number of para-hydroxylation sites is 1. The predicted octanol–water partition coefficient (Wildman–Crippen LogP) is -1.52. The Balaban J connectivity index is 0.00000156. The van der Waals surface area contributed by atoms with Crippen LogP contribution in [0.3, 0.4) is 0 Å². The average Bonchev–Trinajstić information content (AvgIpc) is 2.91. The molecule has 23 heavy (non-hydrogen) atoms. The van der Waals surface area contributed by atoms with Crippen molar-refractivity contribution in [3.8, 4) is 5.69 Å². The molecule has 5 nitrogen and oxygen atoms in total. The summed E-state index contributed by atoms with van der Waals surface area (Å²) >= 11 is 0. The van der Waals surface area contributed by atoms with Crippen LogP contribution in [0.15, 0.2) is 54.6 Å². The van der Waals surface area contributed by atoms with E-state index in [0.717, 1.165) is 5.69 Å². The molecule has 0 saturated carbocycles. The monoisotopic (exact) mass is 325 g/mol. The van der Waals surface area contributed by atoms with E-state index in [-0.39, 0.29) is 24.0 Å². The van der Waals surface area contributed by atoms with Gasteiger partial charge in [-0.3, -0.25) is 9.59 Å². The van der Waals surface area contributed by atoms with Crippen LogP contribution >= 0.6 is 0 Å². The first-order valence-corrected chi connectivity index (χ1v) is 6.91. The van der Waals surface area contributed by atoms with Gasteiger partial charge in [-0.1, -0.05) is 47.1 Å². The van der Waals surface area contributed by atoms with Crippen molar-refractivity contribution in [3.63, 3.8) is 0 Å². The first kappa shape index (κ1) is 15.1. The highest BCUT2D eigenvalue weighted by atomic mass is 35.5. The summed E-state index contributed by atoms with van der Waals surface area (Å²) < 4.78 is 3.00. The fourth-order valence-electron chi connectivity index (χ4n) is 2.82. The SMILES string of the molecule is C[n+]1nn(-c2ccccc2)c2c1C(=O)c1ccccc1C2=O.[Cl-]. The van der Waals surface area contributed by atoms with E-state index in [0.29, 0.717) is 22.5 Å². The summed E-state index contributed by atoms with van der Waals surface area (Å²) in [4.78, 5) is 25.5. The van der Waals surface area contributed by atoms with Crippen LogP contribution in [0.2, 0.25) is 0 Å². The maximum Gasteiger partial charge on any atom is 0.256 e. The van der Waals surface area contributed by atoms with Crippen molar-refractivity contribution < 1.29 is 26.7 Å². The minimum atomic E-state index is -0.179. The molecule has 0 bridgehead atoms. The van der Waals surface area contributed by atoms with Gasteiger partial charge >= 0.3 is 0 Å². The van der Waals surface area contributed by atoms with Crippen molar-refractivity contribution in [1.29, 1.82) is 0 Å². The van der Waals surface area contributed by atoms with Gasteiger partial charge in [-0.2, -0.15) is 0 Å². The van der Waals surface area contributed by atoms with Gasteiger partial charge in [0, 0.05) is 11.1 Å².